The lowest BCUT2D eigenvalue weighted by Gasteiger charge is -2.12. The summed E-state index contributed by atoms with van der Waals surface area (Å²) in [6, 6.07) is 3.68. The van der Waals surface area contributed by atoms with Crippen LogP contribution in [0.2, 0.25) is 0 Å². The zero-order valence-electron chi connectivity index (χ0n) is 12.3. The van der Waals surface area contributed by atoms with Crippen LogP contribution < -0.4 is 11.1 Å². The third-order valence-electron chi connectivity index (χ3n) is 3.18. The molecule has 0 spiro atoms. The first kappa shape index (κ1) is 16.8. The second-order valence-corrected chi connectivity index (χ2v) is 5.02. The SMILES string of the molecule is Cc1cc(F)c(-c2cc(N)nn2C)cc1C(=O)NCC(F)(F)F. The van der Waals surface area contributed by atoms with Crippen LogP contribution >= 0.6 is 0 Å². The van der Waals surface area contributed by atoms with Crippen molar-refractivity contribution in [2.75, 3.05) is 12.3 Å². The van der Waals surface area contributed by atoms with Gasteiger partial charge in [-0.1, -0.05) is 0 Å². The Labute approximate surface area is 129 Å². The van der Waals surface area contributed by atoms with Crippen LogP contribution in [0.1, 0.15) is 15.9 Å². The Balaban J connectivity index is 2.40. The third-order valence-corrected chi connectivity index (χ3v) is 3.18. The van der Waals surface area contributed by atoms with Gasteiger partial charge < -0.3 is 11.1 Å². The van der Waals surface area contributed by atoms with Gasteiger partial charge in [0, 0.05) is 24.2 Å². The number of carbonyl (C=O) groups is 1. The molecule has 2 rings (SSSR count). The van der Waals surface area contributed by atoms with Gasteiger partial charge in [0.15, 0.2) is 0 Å². The molecule has 5 nitrogen and oxygen atoms in total. The number of hydrogen-bond donors (Lipinski definition) is 2. The molecule has 3 N–H and O–H groups in total. The van der Waals surface area contributed by atoms with E-state index in [-0.39, 0.29) is 22.5 Å². The van der Waals surface area contributed by atoms with Gasteiger partial charge in [0.1, 0.15) is 18.2 Å². The van der Waals surface area contributed by atoms with Gasteiger partial charge in [0.05, 0.1) is 5.69 Å². The van der Waals surface area contributed by atoms with Crippen molar-refractivity contribution in [1.29, 1.82) is 0 Å². The summed E-state index contributed by atoms with van der Waals surface area (Å²) in [6.45, 7) is -0.0242. The molecule has 0 aliphatic heterocycles. The van der Waals surface area contributed by atoms with Crippen LogP contribution in [0.3, 0.4) is 0 Å². The minimum absolute atomic E-state index is 0.0273. The summed E-state index contributed by atoms with van der Waals surface area (Å²) in [4.78, 5) is 11.9. The van der Waals surface area contributed by atoms with Gasteiger partial charge in [-0.15, -0.1) is 0 Å². The highest BCUT2D eigenvalue weighted by Crippen LogP contribution is 2.27. The van der Waals surface area contributed by atoms with E-state index in [0.29, 0.717) is 5.69 Å². The number of aromatic nitrogens is 2. The van der Waals surface area contributed by atoms with Crippen molar-refractivity contribution in [2.45, 2.75) is 13.1 Å². The fraction of sp³-hybridized carbons (Fsp3) is 0.286. The van der Waals surface area contributed by atoms with Crippen molar-refractivity contribution in [2.24, 2.45) is 7.05 Å². The Morgan fingerprint density at radius 1 is 1.35 bits per heavy atom. The van der Waals surface area contributed by atoms with Crippen LogP contribution in [0.4, 0.5) is 23.4 Å². The highest BCUT2D eigenvalue weighted by Gasteiger charge is 2.28. The van der Waals surface area contributed by atoms with Crippen molar-refractivity contribution >= 4 is 11.7 Å². The Kier molecular flexibility index (Phi) is 4.31. The molecule has 0 aliphatic rings. The lowest BCUT2D eigenvalue weighted by atomic mass is 10.0. The second kappa shape index (κ2) is 5.90. The van der Waals surface area contributed by atoms with Crippen LogP contribution in [0.15, 0.2) is 18.2 Å². The van der Waals surface area contributed by atoms with Gasteiger partial charge >= 0.3 is 6.18 Å². The summed E-state index contributed by atoms with van der Waals surface area (Å²) >= 11 is 0. The van der Waals surface area contributed by atoms with Crippen molar-refractivity contribution in [3.63, 3.8) is 0 Å². The van der Waals surface area contributed by atoms with E-state index in [9.17, 15) is 22.4 Å². The maximum absolute atomic E-state index is 14.2. The molecule has 0 atom stereocenters. The number of hydrogen-bond acceptors (Lipinski definition) is 3. The number of amides is 1. The molecule has 0 fully saturated rings. The van der Waals surface area contributed by atoms with Crippen LogP contribution in [-0.2, 0) is 7.05 Å². The summed E-state index contributed by atoms with van der Waals surface area (Å²) < 4.78 is 52.1. The van der Waals surface area contributed by atoms with Crippen LogP contribution in [-0.4, -0.2) is 28.4 Å². The zero-order chi connectivity index (χ0) is 17.4. The van der Waals surface area contributed by atoms with E-state index in [4.69, 9.17) is 5.73 Å². The average molecular weight is 330 g/mol. The first-order chi connectivity index (χ1) is 10.6. The van der Waals surface area contributed by atoms with Crippen LogP contribution in [0.25, 0.3) is 11.3 Å². The Hall–Kier alpha value is -2.58. The molecule has 1 amide bonds. The maximum atomic E-state index is 14.2. The smallest absolute Gasteiger partial charge is 0.382 e. The molecule has 23 heavy (non-hydrogen) atoms. The fourth-order valence-corrected chi connectivity index (χ4v) is 2.13. The second-order valence-electron chi connectivity index (χ2n) is 5.02. The normalized spacial score (nSPS) is 11.6. The molecule has 2 aromatic rings. The Morgan fingerprint density at radius 3 is 2.52 bits per heavy atom. The molecule has 1 heterocycles. The molecular weight excluding hydrogens is 316 g/mol. The Bertz CT molecular complexity index is 752. The number of benzene rings is 1. The van der Waals surface area contributed by atoms with Gasteiger partial charge in [-0.25, -0.2) is 4.39 Å². The van der Waals surface area contributed by atoms with E-state index in [1.807, 2.05) is 0 Å². The molecule has 124 valence electrons. The molecule has 1 aromatic heterocycles. The monoisotopic (exact) mass is 330 g/mol. The number of aryl methyl sites for hydroxylation is 2. The topological polar surface area (TPSA) is 72.9 Å². The van der Waals surface area contributed by atoms with Crippen molar-refractivity contribution in [1.82, 2.24) is 15.1 Å². The predicted octanol–water partition coefficient (Wildman–Crippen LogP) is 2.41. The summed E-state index contributed by atoms with van der Waals surface area (Å²) in [5, 5.41) is 5.64. The van der Waals surface area contributed by atoms with Gasteiger partial charge in [0.2, 0.25) is 0 Å². The van der Waals surface area contributed by atoms with Crippen molar-refractivity contribution in [3.05, 3.63) is 35.1 Å². The average Bonchev–Trinajstić information content (AvgIpc) is 2.74. The maximum Gasteiger partial charge on any atom is 0.405 e. The van der Waals surface area contributed by atoms with E-state index in [2.05, 4.69) is 5.10 Å². The molecule has 9 heteroatoms. The lowest BCUT2D eigenvalue weighted by Crippen LogP contribution is -2.34. The minimum Gasteiger partial charge on any atom is -0.382 e. The molecule has 0 saturated carbocycles. The fourth-order valence-electron chi connectivity index (χ4n) is 2.13. The predicted molar refractivity (Wildman–Crippen MR) is 76.1 cm³/mol. The number of alkyl halides is 3. The van der Waals surface area contributed by atoms with Crippen molar-refractivity contribution in [3.8, 4) is 11.3 Å². The number of anilines is 1. The van der Waals surface area contributed by atoms with E-state index in [0.717, 1.165) is 6.07 Å². The van der Waals surface area contributed by atoms with Gasteiger partial charge in [0.25, 0.3) is 5.91 Å². The summed E-state index contributed by atoms with van der Waals surface area (Å²) in [6.07, 6.45) is -4.52. The zero-order valence-corrected chi connectivity index (χ0v) is 12.3. The van der Waals surface area contributed by atoms with Gasteiger partial charge in [-0.05, 0) is 24.6 Å². The first-order valence-corrected chi connectivity index (χ1v) is 6.53. The number of nitrogens with one attached hydrogen (secondary N) is 1. The largest absolute Gasteiger partial charge is 0.405 e. The molecule has 0 aliphatic carbocycles. The number of rotatable bonds is 3. The van der Waals surface area contributed by atoms with Crippen molar-refractivity contribution < 1.29 is 22.4 Å². The van der Waals surface area contributed by atoms with Crippen LogP contribution in [0, 0.1) is 12.7 Å². The lowest BCUT2D eigenvalue weighted by molar-refractivity contribution is -0.123. The molecule has 0 saturated heterocycles. The number of halogens is 4. The summed E-state index contributed by atoms with van der Waals surface area (Å²) in [5.41, 5.74) is 6.04. The molecular formula is C14H14F4N4O. The molecule has 0 bridgehead atoms. The van der Waals surface area contributed by atoms with Gasteiger partial charge in [-0.2, -0.15) is 18.3 Å². The first-order valence-electron chi connectivity index (χ1n) is 6.53. The Morgan fingerprint density at radius 2 is 2.00 bits per heavy atom. The van der Waals surface area contributed by atoms with Gasteiger partial charge in [-0.3, -0.25) is 9.48 Å². The van der Waals surface area contributed by atoms with E-state index in [1.165, 1.54) is 30.8 Å². The molecule has 0 radical (unpaired) electrons. The quantitative estimate of drug-likeness (QED) is 0.849. The molecule has 0 unspecified atom stereocenters. The minimum atomic E-state index is -4.52. The summed E-state index contributed by atoms with van der Waals surface area (Å²) in [5.74, 6) is -1.40. The van der Waals surface area contributed by atoms with E-state index < -0.39 is 24.4 Å². The number of carbonyl (C=O) groups excluding carboxylic acids is 1. The third kappa shape index (κ3) is 3.79. The highest BCUT2D eigenvalue weighted by molar-refractivity contribution is 5.97. The number of nitrogens with two attached hydrogens (primary N) is 1. The highest BCUT2D eigenvalue weighted by atomic mass is 19.4. The standard InChI is InChI=1S/C14H14F4N4O/c1-7-3-10(15)9(11-5-12(19)21-22(11)2)4-8(7)13(23)20-6-14(16,17)18/h3-5H,6H2,1-2H3,(H2,19,21)(H,20,23). The number of nitrogens with zero attached hydrogens (tertiary/aromatic N) is 2. The van der Waals surface area contributed by atoms with E-state index >= 15 is 0 Å². The summed E-state index contributed by atoms with van der Waals surface area (Å²) in [7, 11) is 1.54. The van der Waals surface area contributed by atoms with Crippen LogP contribution in [0.5, 0.6) is 0 Å². The molecule has 1 aromatic carbocycles. The number of nitrogen functional groups attached to an aromatic ring is 1. The van der Waals surface area contributed by atoms with E-state index in [1.54, 1.807) is 5.32 Å².